The van der Waals surface area contributed by atoms with Crippen LogP contribution in [-0.4, -0.2) is 62.1 Å². The number of hydrogen-bond acceptors (Lipinski definition) is 4. The quantitative estimate of drug-likeness (QED) is 0.285. The fourth-order valence-corrected chi connectivity index (χ4v) is 1.31. The second-order valence-electron chi connectivity index (χ2n) is 5.75. The van der Waals surface area contributed by atoms with Crippen molar-refractivity contribution in [1.82, 2.24) is 15.5 Å². The summed E-state index contributed by atoms with van der Waals surface area (Å²) < 4.78 is 5.21. The molecule has 22 heavy (non-hydrogen) atoms. The standard InChI is InChI=1S/C14H28N4O3.HI/c1-7-15-13(17-10-11(19)18(5)6)16-9-8-12(20)21-14(2,3)4;/h7-10H2,1-6H3,(H2,15,16,17);1H. The molecule has 0 aliphatic heterocycles. The molecule has 7 nitrogen and oxygen atoms in total. The smallest absolute Gasteiger partial charge is 0.308 e. The minimum atomic E-state index is -0.478. The van der Waals surface area contributed by atoms with Crippen LogP contribution in [0.3, 0.4) is 0 Å². The van der Waals surface area contributed by atoms with Crippen molar-refractivity contribution < 1.29 is 14.3 Å². The van der Waals surface area contributed by atoms with E-state index in [9.17, 15) is 9.59 Å². The highest BCUT2D eigenvalue weighted by atomic mass is 127. The summed E-state index contributed by atoms with van der Waals surface area (Å²) in [5.41, 5.74) is -0.478. The van der Waals surface area contributed by atoms with Crippen molar-refractivity contribution in [3.05, 3.63) is 0 Å². The number of nitrogens with one attached hydrogen (secondary N) is 2. The third-order valence-corrected chi connectivity index (χ3v) is 2.26. The lowest BCUT2D eigenvalue weighted by atomic mass is 10.2. The first-order valence-electron chi connectivity index (χ1n) is 7.10. The monoisotopic (exact) mass is 428 g/mol. The summed E-state index contributed by atoms with van der Waals surface area (Å²) in [7, 11) is 3.36. The molecule has 0 aromatic carbocycles. The van der Waals surface area contributed by atoms with Gasteiger partial charge in [0.1, 0.15) is 12.1 Å². The molecular formula is C14H29IN4O3. The van der Waals surface area contributed by atoms with Crippen LogP contribution in [0.15, 0.2) is 4.99 Å². The Morgan fingerprint density at radius 1 is 1.18 bits per heavy atom. The van der Waals surface area contributed by atoms with Crippen molar-refractivity contribution in [2.24, 2.45) is 4.99 Å². The van der Waals surface area contributed by atoms with Crippen LogP contribution < -0.4 is 10.6 Å². The van der Waals surface area contributed by atoms with Gasteiger partial charge in [-0.15, -0.1) is 24.0 Å². The molecule has 0 heterocycles. The van der Waals surface area contributed by atoms with E-state index >= 15 is 0 Å². The van der Waals surface area contributed by atoms with Gasteiger partial charge in [0.05, 0.1) is 6.42 Å². The van der Waals surface area contributed by atoms with E-state index in [0.29, 0.717) is 19.0 Å². The summed E-state index contributed by atoms with van der Waals surface area (Å²) in [5.74, 6) is 0.158. The van der Waals surface area contributed by atoms with Crippen molar-refractivity contribution in [2.45, 2.75) is 39.7 Å². The zero-order chi connectivity index (χ0) is 16.5. The van der Waals surface area contributed by atoms with Gasteiger partial charge in [-0.2, -0.15) is 0 Å². The molecule has 0 aliphatic carbocycles. The van der Waals surface area contributed by atoms with Crippen LogP contribution >= 0.6 is 24.0 Å². The molecule has 0 unspecified atom stereocenters. The van der Waals surface area contributed by atoms with Gasteiger partial charge in [-0.1, -0.05) is 0 Å². The molecule has 130 valence electrons. The number of halogens is 1. The Hall–Kier alpha value is -1.06. The van der Waals surface area contributed by atoms with Crippen LogP contribution in [0.25, 0.3) is 0 Å². The van der Waals surface area contributed by atoms with E-state index in [1.165, 1.54) is 4.90 Å². The zero-order valence-corrected chi connectivity index (χ0v) is 16.7. The number of carbonyl (C=O) groups excluding carboxylic acids is 2. The lowest BCUT2D eigenvalue weighted by molar-refractivity contribution is -0.154. The number of carbonyl (C=O) groups is 2. The normalized spacial score (nSPS) is 11.3. The van der Waals surface area contributed by atoms with Crippen molar-refractivity contribution in [1.29, 1.82) is 0 Å². The number of guanidine groups is 1. The molecule has 0 saturated heterocycles. The Balaban J connectivity index is 0. The summed E-state index contributed by atoms with van der Waals surface area (Å²) in [6.45, 7) is 8.56. The first-order valence-corrected chi connectivity index (χ1v) is 7.10. The average Bonchev–Trinajstić information content (AvgIpc) is 2.33. The highest BCUT2D eigenvalue weighted by molar-refractivity contribution is 14.0. The predicted molar refractivity (Wildman–Crippen MR) is 98.6 cm³/mol. The fraction of sp³-hybridized carbons (Fsp3) is 0.786. The van der Waals surface area contributed by atoms with Gasteiger partial charge < -0.3 is 20.3 Å². The number of amides is 1. The van der Waals surface area contributed by atoms with Crippen molar-refractivity contribution in [3.8, 4) is 0 Å². The molecule has 0 bridgehead atoms. The van der Waals surface area contributed by atoms with Gasteiger partial charge in [0.25, 0.3) is 0 Å². The molecule has 0 rings (SSSR count). The maximum Gasteiger partial charge on any atom is 0.308 e. The van der Waals surface area contributed by atoms with Gasteiger partial charge in [-0.25, -0.2) is 4.99 Å². The molecule has 2 N–H and O–H groups in total. The number of nitrogens with zero attached hydrogens (tertiary/aromatic N) is 2. The van der Waals surface area contributed by atoms with Crippen LogP contribution in [0, 0.1) is 0 Å². The highest BCUT2D eigenvalue weighted by Gasteiger charge is 2.15. The molecule has 0 saturated carbocycles. The Kier molecular flexibility index (Phi) is 12.1. The van der Waals surface area contributed by atoms with E-state index in [0.717, 1.165) is 0 Å². The van der Waals surface area contributed by atoms with Gasteiger partial charge in [0.15, 0.2) is 5.96 Å². The lowest BCUT2D eigenvalue weighted by Gasteiger charge is -2.19. The molecule has 0 atom stereocenters. The average molecular weight is 428 g/mol. The summed E-state index contributed by atoms with van der Waals surface area (Å²) in [4.78, 5) is 28.7. The number of ether oxygens (including phenoxy) is 1. The summed E-state index contributed by atoms with van der Waals surface area (Å²) in [5, 5.41) is 6.01. The van der Waals surface area contributed by atoms with E-state index in [2.05, 4.69) is 15.6 Å². The first-order chi connectivity index (χ1) is 9.65. The molecule has 8 heteroatoms. The minimum Gasteiger partial charge on any atom is -0.460 e. The van der Waals surface area contributed by atoms with E-state index in [1.807, 2.05) is 27.7 Å². The summed E-state index contributed by atoms with van der Waals surface area (Å²) >= 11 is 0. The van der Waals surface area contributed by atoms with Gasteiger partial charge in [-0.3, -0.25) is 9.59 Å². The Morgan fingerprint density at radius 3 is 2.23 bits per heavy atom. The Labute approximate surface area is 150 Å². The summed E-state index contributed by atoms with van der Waals surface area (Å²) in [6.07, 6.45) is 0.239. The predicted octanol–water partition coefficient (Wildman–Crippen LogP) is 0.980. The van der Waals surface area contributed by atoms with Crippen LogP contribution in [0.2, 0.25) is 0 Å². The van der Waals surface area contributed by atoms with Gasteiger partial charge in [-0.05, 0) is 27.7 Å². The zero-order valence-electron chi connectivity index (χ0n) is 14.4. The molecular weight excluding hydrogens is 399 g/mol. The first kappa shape index (κ1) is 23.2. The van der Waals surface area contributed by atoms with Gasteiger partial charge in [0, 0.05) is 27.2 Å². The number of aliphatic imine (C=N–C) groups is 1. The third kappa shape index (κ3) is 12.7. The van der Waals surface area contributed by atoms with Crippen LogP contribution in [-0.2, 0) is 14.3 Å². The van der Waals surface area contributed by atoms with E-state index in [1.54, 1.807) is 14.1 Å². The molecule has 0 fully saturated rings. The van der Waals surface area contributed by atoms with Crippen LogP contribution in [0.4, 0.5) is 0 Å². The molecule has 1 amide bonds. The Bertz CT molecular complexity index is 379. The fourth-order valence-electron chi connectivity index (χ4n) is 1.31. The number of hydrogen-bond donors (Lipinski definition) is 2. The molecule has 0 aliphatic rings. The number of rotatable bonds is 6. The SMILES string of the molecule is CCNC(=NCC(=O)N(C)C)NCCC(=O)OC(C)(C)C.I. The van der Waals surface area contributed by atoms with Crippen molar-refractivity contribution in [2.75, 3.05) is 33.7 Å². The highest BCUT2D eigenvalue weighted by Crippen LogP contribution is 2.07. The van der Waals surface area contributed by atoms with E-state index in [4.69, 9.17) is 4.74 Å². The van der Waals surface area contributed by atoms with Gasteiger partial charge >= 0.3 is 5.97 Å². The maximum absolute atomic E-state index is 11.6. The summed E-state index contributed by atoms with van der Waals surface area (Å²) in [6, 6.07) is 0. The topological polar surface area (TPSA) is 83.0 Å². The van der Waals surface area contributed by atoms with E-state index in [-0.39, 0.29) is 48.8 Å². The third-order valence-electron chi connectivity index (χ3n) is 2.26. The second-order valence-corrected chi connectivity index (χ2v) is 5.75. The number of likely N-dealkylation sites (N-methyl/N-ethyl adjacent to an activating group) is 1. The van der Waals surface area contributed by atoms with Gasteiger partial charge in [0.2, 0.25) is 5.91 Å². The van der Waals surface area contributed by atoms with Crippen molar-refractivity contribution in [3.63, 3.8) is 0 Å². The largest absolute Gasteiger partial charge is 0.460 e. The van der Waals surface area contributed by atoms with Crippen LogP contribution in [0.5, 0.6) is 0 Å². The molecule has 0 radical (unpaired) electrons. The lowest BCUT2D eigenvalue weighted by Crippen LogP contribution is -2.39. The van der Waals surface area contributed by atoms with Crippen LogP contribution in [0.1, 0.15) is 34.1 Å². The second kappa shape index (κ2) is 11.5. The maximum atomic E-state index is 11.6. The molecule has 0 aromatic heterocycles. The van der Waals surface area contributed by atoms with E-state index < -0.39 is 5.60 Å². The minimum absolute atomic E-state index is 0. The number of esters is 1. The van der Waals surface area contributed by atoms with Crippen molar-refractivity contribution >= 4 is 41.8 Å². The Morgan fingerprint density at radius 2 is 1.77 bits per heavy atom. The molecule has 0 spiro atoms. The molecule has 0 aromatic rings.